The van der Waals surface area contributed by atoms with Crippen molar-refractivity contribution in [3.05, 3.63) is 29.7 Å². The van der Waals surface area contributed by atoms with Crippen molar-refractivity contribution >= 4 is 11.6 Å². The molecule has 2 rings (SSSR count). The van der Waals surface area contributed by atoms with Crippen LogP contribution in [0.5, 0.6) is 0 Å². The van der Waals surface area contributed by atoms with Crippen LogP contribution in [0.3, 0.4) is 0 Å². The minimum atomic E-state index is -1.06. The molecule has 1 unspecified atom stereocenters. The van der Waals surface area contributed by atoms with Crippen molar-refractivity contribution in [1.29, 1.82) is 0 Å². The van der Waals surface area contributed by atoms with Crippen LogP contribution in [-0.4, -0.2) is 25.7 Å². The van der Waals surface area contributed by atoms with Gasteiger partial charge in [0.1, 0.15) is 6.04 Å². The van der Waals surface area contributed by atoms with E-state index >= 15 is 0 Å². The Kier molecular flexibility index (Phi) is 2.57. The molecule has 0 aliphatic heterocycles. The van der Waals surface area contributed by atoms with Gasteiger partial charge in [-0.25, -0.2) is 9.50 Å². The van der Waals surface area contributed by atoms with E-state index in [0.717, 1.165) is 12.2 Å². The van der Waals surface area contributed by atoms with Gasteiger partial charge < -0.3 is 10.8 Å². The molecule has 6 heteroatoms. The largest absolute Gasteiger partial charge is 0.480 e. The van der Waals surface area contributed by atoms with Crippen LogP contribution < -0.4 is 5.73 Å². The first kappa shape index (κ1) is 10.6. The molecular weight excluding hydrogens is 208 g/mol. The molecule has 2 heterocycles. The molecule has 1 atom stereocenters. The van der Waals surface area contributed by atoms with Crippen LogP contribution in [0.15, 0.2) is 18.3 Å². The maximum atomic E-state index is 10.7. The number of fused-ring (bicyclic) bond motifs is 1. The van der Waals surface area contributed by atoms with E-state index in [9.17, 15) is 4.79 Å². The lowest BCUT2D eigenvalue weighted by molar-refractivity contribution is -0.138. The van der Waals surface area contributed by atoms with Gasteiger partial charge in [-0.05, 0) is 11.6 Å². The van der Waals surface area contributed by atoms with Crippen LogP contribution in [0.2, 0.25) is 0 Å². The first-order valence-corrected chi connectivity index (χ1v) is 4.95. The molecular formula is C10H12N4O2. The standard InChI is InChI=1S/C10H12N4O2/c1-2-7-12-8-4-3-6(5-14(8)13-7)9(11)10(15)16/h3-5,9H,2,11H2,1H3,(H,15,16). The molecule has 84 valence electrons. The summed E-state index contributed by atoms with van der Waals surface area (Å²) in [6.07, 6.45) is 2.34. The number of rotatable bonds is 3. The Morgan fingerprint density at radius 2 is 2.38 bits per heavy atom. The summed E-state index contributed by atoms with van der Waals surface area (Å²) >= 11 is 0. The zero-order valence-electron chi connectivity index (χ0n) is 8.79. The highest BCUT2D eigenvalue weighted by Crippen LogP contribution is 2.12. The van der Waals surface area contributed by atoms with Gasteiger partial charge in [-0.1, -0.05) is 13.0 Å². The van der Waals surface area contributed by atoms with Crippen molar-refractivity contribution in [3.8, 4) is 0 Å². The third-order valence-corrected chi connectivity index (χ3v) is 2.34. The number of hydrogen-bond donors (Lipinski definition) is 2. The molecule has 0 amide bonds. The van der Waals surface area contributed by atoms with Crippen LogP contribution in [0.25, 0.3) is 5.65 Å². The molecule has 0 bridgehead atoms. The number of carboxylic acids is 1. The van der Waals surface area contributed by atoms with E-state index in [1.807, 2.05) is 6.92 Å². The molecule has 0 radical (unpaired) electrons. The zero-order valence-corrected chi connectivity index (χ0v) is 8.79. The number of nitrogens with zero attached hydrogens (tertiary/aromatic N) is 3. The molecule has 0 saturated heterocycles. The number of carboxylic acid groups (broad SMARTS) is 1. The monoisotopic (exact) mass is 220 g/mol. The van der Waals surface area contributed by atoms with E-state index in [1.165, 1.54) is 0 Å². The summed E-state index contributed by atoms with van der Waals surface area (Å²) in [5, 5.41) is 13.0. The fraction of sp³-hybridized carbons (Fsp3) is 0.300. The van der Waals surface area contributed by atoms with Crippen LogP contribution in [-0.2, 0) is 11.2 Å². The summed E-state index contributed by atoms with van der Waals surface area (Å²) in [6.45, 7) is 1.96. The van der Waals surface area contributed by atoms with E-state index in [4.69, 9.17) is 10.8 Å². The smallest absolute Gasteiger partial charge is 0.325 e. The SMILES string of the molecule is CCc1nc2ccc(C(N)C(=O)O)cn2n1. The Balaban J connectivity index is 2.46. The van der Waals surface area contributed by atoms with Crippen LogP contribution in [0.4, 0.5) is 0 Å². The third kappa shape index (κ3) is 1.74. The highest BCUT2D eigenvalue weighted by atomic mass is 16.4. The Hall–Kier alpha value is -1.95. The van der Waals surface area contributed by atoms with E-state index < -0.39 is 12.0 Å². The summed E-state index contributed by atoms with van der Waals surface area (Å²) in [6, 6.07) is 2.34. The number of pyridine rings is 1. The molecule has 3 N–H and O–H groups in total. The van der Waals surface area contributed by atoms with Crippen molar-refractivity contribution in [2.75, 3.05) is 0 Å². The minimum Gasteiger partial charge on any atom is -0.480 e. The average molecular weight is 220 g/mol. The zero-order chi connectivity index (χ0) is 11.7. The average Bonchev–Trinajstić information content (AvgIpc) is 2.69. The van der Waals surface area contributed by atoms with E-state index in [1.54, 1.807) is 22.8 Å². The topological polar surface area (TPSA) is 93.5 Å². The second-order valence-electron chi connectivity index (χ2n) is 3.46. The van der Waals surface area contributed by atoms with Gasteiger partial charge in [0.25, 0.3) is 0 Å². The molecule has 0 spiro atoms. The Morgan fingerprint density at radius 3 is 3.00 bits per heavy atom. The van der Waals surface area contributed by atoms with Gasteiger partial charge >= 0.3 is 5.97 Å². The Labute approximate surface area is 91.7 Å². The molecule has 0 saturated carbocycles. The van der Waals surface area contributed by atoms with Gasteiger partial charge in [0, 0.05) is 12.6 Å². The van der Waals surface area contributed by atoms with Crippen molar-refractivity contribution < 1.29 is 9.90 Å². The first-order valence-electron chi connectivity index (χ1n) is 4.95. The fourth-order valence-electron chi connectivity index (χ4n) is 1.42. The summed E-state index contributed by atoms with van der Waals surface area (Å²) in [5.41, 5.74) is 6.71. The van der Waals surface area contributed by atoms with Gasteiger partial charge in [0.05, 0.1) is 0 Å². The number of aryl methyl sites for hydroxylation is 1. The number of aromatic nitrogens is 3. The molecule has 6 nitrogen and oxygen atoms in total. The molecule has 0 aromatic carbocycles. The van der Waals surface area contributed by atoms with E-state index in [0.29, 0.717) is 11.2 Å². The van der Waals surface area contributed by atoms with Crippen molar-refractivity contribution in [1.82, 2.24) is 14.6 Å². The van der Waals surface area contributed by atoms with Crippen molar-refractivity contribution in [3.63, 3.8) is 0 Å². The van der Waals surface area contributed by atoms with Gasteiger partial charge in [0.15, 0.2) is 11.5 Å². The van der Waals surface area contributed by atoms with Gasteiger partial charge in [0.2, 0.25) is 0 Å². The molecule has 0 aliphatic carbocycles. The molecule has 0 aliphatic rings. The maximum absolute atomic E-state index is 10.7. The van der Waals surface area contributed by atoms with Gasteiger partial charge in [-0.2, -0.15) is 5.10 Å². The van der Waals surface area contributed by atoms with Crippen LogP contribution >= 0.6 is 0 Å². The van der Waals surface area contributed by atoms with Crippen LogP contribution in [0, 0.1) is 0 Å². The number of nitrogens with two attached hydrogens (primary N) is 1. The minimum absolute atomic E-state index is 0.507. The Morgan fingerprint density at radius 1 is 1.62 bits per heavy atom. The third-order valence-electron chi connectivity index (χ3n) is 2.34. The molecule has 16 heavy (non-hydrogen) atoms. The first-order chi connectivity index (χ1) is 7.61. The highest BCUT2D eigenvalue weighted by molar-refractivity contribution is 5.75. The van der Waals surface area contributed by atoms with Gasteiger partial charge in [-0.3, -0.25) is 4.79 Å². The number of hydrogen-bond acceptors (Lipinski definition) is 4. The predicted molar refractivity (Wildman–Crippen MR) is 56.9 cm³/mol. The molecule has 2 aromatic rings. The second-order valence-corrected chi connectivity index (χ2v) is 3.46. The number of aliphatic carboxylic acids is 1. The molecule has 0 fully saturated rings. The summed E-state index contributed by atoms with van der Waals surface area (Å²) in [4.78, 5) is 15.0. The summed E-state index contributed by atoms with van der Waals surface area (Å²) in [5.74, 6) is -0.337. The fourth-order valence-corrected chi connectivity index (χ4v) is 1.42. The van der Waals surface area contributed by atoms with E-state index in [-0.39, 0.29) is 0 Å². The second kappa shape index (κ2) is 3.90. The van der Waals surface area contributed by atoms with Gasteiger partial charge in [-0.15, -0.1) is 0 Å². The molecule has 2 aromatic heterocycles. The quantitative estimate of drug-likeness (QED) is 0.779. The highest BCUT2D eigenvalue weighted by Gasteiger charge is 2.15. The predicted octanol–water partition coefficient (Wildman–Crippen LogP) is 0.376. The lowest BCUT2D eigenvalue weighted by atomic mass is 10.1. The lowest BCUT2D eigenvalue weighted by Gasteiger charge is -2.05. The maximum Gasteiger partial charge on any atom is 0.325 e. The lowest BCUT2D eigenvalue weighted by Crippen LogP contribution is -2.20. The number of carbonyl (C=O) groups is 1. The van der Waals surface area contributed by atoms with Crippen molar-refractivity contribution in [2.24, 2.45) is 5.73 Å². The summed E-state index contributed by atoms with van der Waals surface area (Å²) in [7, 11) is 0. The van der Waals surface area contributed by atoms with E-state index in [2.05, 4.69) is 10.1 Å². The normalized spacial score (nSPS) is 12.9. The van der Waals surface area contributed by atoms with Crippen LogP contribution in [0.1, 0.15) is 24.4 Å². The Bertz CT molecular complexity index is 535. The summed E-state index contributed by atoms with van der Waals surface area (Å²) < 4.78 is 1.55. The van der Waals surface area contributed by atoms with Crippen molar-refractivity contribution in [2.45, 2.75) is 19.4 Å².